The molecule has 2 aromatic rings. The highest BCUT2D eigenvalue weighted by Gasteiger charge is 2.14. The second-order valence-electron chi connectivity index (χ2n) is 4.00. The summed E-state index contributed by atoms with van der Waals surface area (Å²) in [4.78, 5) is 11.6. The minimum Gasteiger partial charge on any atom is -0.507 e. The fourth-order valence-electron chi connectivity index (χ4n) is 1.53. The maximum Gasteiger partial charge on any atom is 0.274 e. The van der Waals surface area contributed by atoms with Crippen LogP contribution < -0.4 is 5.43 Å². The molecule has 21 heavy (non-hydrogen) atoms. The Kier molecular flexibility index (Phi) is 4.49. The summed E-state index contributed by atoms with van der Waals surface area (Å²) < 4.78 is 26.4. The lowest BCUT2D eigenvalue weighted by atomic mass is 10.2. The zero-order valence-corrected chi connectivity index (χ0v) is 11.2. The Morgan fingerprint density at radius 2 is 2.05 bits per heavy atom. The van der Waals surface area contributed by atoms with Gasteiger partial charge in [-0.3, -0.25) is 4.79 Å². The lowest BCUT2D eigenvalue weighted by molar-refractivity contribution is 0.0950. The lowest BCUT2D eigenvalue weighted by Crippen LogP contribution is -2.19. The number of hydrazone groups is 1. The van der Waals surface area contributed by atoms with Crippen LogP contribution in [-0.2, 0) is 0 Å². The number of nitrogens with one attached hydrogen (secondary N) is 1. The molecular weight excluding hydrogens is 302 g/mol. The van der Waals surface area contributed by atoms with Crippen LogP contribution in [0.2, 0.25) is 5.02 Å². The van der Waals surface area contributed by atoms with E-state index in [0.29, 0.717) is 5.02 Å². The van der Waals surface area contributed by atoms with Gasteiger partial charge in [-0.05, 0) is 30.3 Å². The van der Waals surface area contributed by atoms with Crippen LogP contribution in [0.4, 0.5) is 8.78 Å². The van der Waals surface area contributed by atoms with Crippen molar-refractivity contribution in [1.82, 2.24) is 5.43 Å². The van der Waals surface area contributed by atoms with E-state index >= 15 is 0 Å². The van der Waals surface area contributed by atoms with Crippen molar-refractivity contribution in [1.29, 1.82) is 0 Å². The van der Waals surface area contributed by atoms with Crippen LogP contribution in [0.1, 0.15) is 15.9 Å². The first-order valence-electron chi connectivity index (χ1n) is 5.75. The summed E-state index contributed by atoms with van der Waals surface area (Å²) in [5, 5.41) is 13.5. The van der Waals surface area contributed by atoms with Gasteiger partial charge in [0.25, 0.3) is 5.91 Å². The van der Waals surface area contributed by atoms with E-state index in [1.165, 1.54) is 24.3 Å². The van der Waals surface area contributed by atoms with Gasteiger partial charge in [-0.25, -0.2) is 14.2 Å². The van der Waals surface area contributed by atoms with E-state index in [1.807, 2.05) is 5.43 Å². The Morgan fingerprint density at radius 3 is 2.81 bits per heavy atom. The SMILES string of the molecule is O=C(N/N=C/c1cc(Cl)ccc1O)c1cccc(F)c1F. The zero-order chi connectivity index (χ0) is 15.4. The first-order valence-corrected chi connectivity index (χ1v) is 6.13. The lowest BCUT2D eigenvalue weighted by Gasteiger charge is -2.02. The fraction of sp³-hybridized carbons (Fsp3) is 0. The van der Waals surface area contributed by atoms with Crippen LogP contribution in [0, 0.1) is 11.6 Å². The second kappa shape index (κ2) is 6.32. The van der Waals surface area contributed by atoms with Crippen molar-refractivity contribution in [3.8, 4) is 5.75 Å². The summed E-state index contributed by atoms with van der Waals surface area (Å²) >= 11 is 5.74. The van der Waals surface area contributed by atoms with Gasteiger partial charge in [-0.1, -0.05) is 17.7 Å². The van der Waals surface area contributed by atoms with Crippen molar-refractivity contribution in [2.24, 2.45) is 5.10 Å². The van der Waals surface area contributed by atoms with Gasteiger partial charge in [0.2, 0.25) is 0 Å². The minimum absolute atomic E-state index is 0.0886. The summed E-state index contributed by atoms with van der Waals surface area (Å²) in [6.45, 7) is 0. The first kappa shape index (κ1) is 14.9. The number of hydrogen-bond acceptors (Lipinski definition) is 3. The predicted octanol–water partition coefficient (Wildman–Crippen LogP) is 3.09. The van der Waals surface area contributed by atoms with Crippen LogP contribution in [0.25, 0.3) is 0 Å². The van der Waals surface area contributed by atoms with Crippen molar-refractivity contribution in [3.05, 3.63) is 64.2 Å². The molecule has 0 unspecified atom stereocenters. The molecule has 108 valence electrons. The summed E-state index contributed by atoms with van der Waals surface area (Å²) in [6.07, 6.45) is 1.14. The number of phenolic OH excluding ortho intramolecular Hbond substituents is 1. The number of rotatable bonds is 3. The third-order valence-electron chi connectivity index (χ3n) is 2.56. The van der Waals surface area contributed by atoms with Crippen molar-refractivity contribution < 1.29 is 18.7 Å². The molecule has 2 rings (SSSR count). The monoisotopic (exact) mass is 310 g/mol. The van der Waals surface area contributed by atoms with E-state index in [0.717, 1.165) is 18.3 Å². The maximum atomic E-state index is 13.4. The fourth-order valence-corrected chi connectivity index (χ4v) is 1.71. The zero-order valence-electron chi connectivity index (χ0n) is 10.5. The molecule has 1 amide bonds. The Hall–Kier alpha value is -2.47. The van der Waals surface area contributed by atoms with Gasteiger partial charge < -0.3 is 5.11 Å². The molecular formula is C14H9ClF2N2O2. The first-order chi connectivity index (χ1) is 9.99. The number of halogens is 3. The molecule has 0 heterocycles. The molecule has 0 radical (unpaired) electrons. The average Bonchev–Trinajstić information content (AvgIpc) is 2.45. The highest BCUT2D eigenvalue weighted by atomic mass is 35.5. The van der Waals surface area contributed by atoms with E-state index in [4.69, 9.17) is 11.6 Å². The molecule has 4 nitrogen and oxygen atoms in total. The number of hydrogen-bond donors (Lipinski definition) is 2. The van der Waals surface area contributed by atoms with Gasteiger partial charge in [0.15, 0.2) is 11.6 Å². The van der Waals surface area contributed by atoms with Crippen LogP contribution in [0.15, 0.2) is 41.5 Å². The quantitative estimate of drug-likeness (QED) is 0.676. The molecule has 0 spiro atoms. The molecule has 0 aliphatic carbocycles. The van der Waals surface area contributed by atoms with E-state index in [2.05, 4.69) is 5.10 Å². The molecule has 0 aromatic heterocycles. The number of carbonyl (C=O) groups excluding carboxylic acids is 1. The highest BCUT2D eigenvalue weighted by Crippen LogP contribution is 2.19. The number of phenols is 1. The van der Waals surface area contributed by atoms with Crippen LogP contribution >= 0.6 is 11.6 Å². The second-order valence-corrected chi connectivity index (χ2v) is 4.44. The Bertz CT molecular complexity index is 720. The Morgan fingerprint density at radius 1 is 1.29 bits per heavy atom. The van der Waals surface area contributed by atoms with E-state index < -0.39 is 23.1 Å². The van der Waals surface area contributed by atoms with Crippen molar-refractivity contribution in [2.75, 3.05) is 0 Å². The molecule has 2 N–H and O–H groups in total. The van der Waals surface area contributed by atoms with Crippen LogP contribution in [-0.4, -0.2) is 17.2 Å². The molecule has 2 aromatic carbocycles. The number of aromatic hydroxyl groups is 1. The maximum absolute atomic E-state index is 13.4. The summed E-state index contributed by atoms with van der Waals surface area (Å²) in [7, 11) is 0. The van der Waals surface area contributed by atoms with E-state index in [9.17, 15) is 18.7 Å². The number of benzene rings is 2. The summed E-state index contributed by atoms with van der Waals surface area (Å²) in [5.74, 6) is -3.38. The standard InChI is InChI=1S/C14H9ClF2N2O2/c15-9-4-5-12(20)8(6-9)7-18-19-14(21)10-2-1-3-11(16)13(10)17/h1-7,20H,(H,19,21)/b18-7+. The van der Waals surface area contributed by atoms with Gasteiger partial charge in [0.05, 0.1) is 11.8 Å². The summed E-state index contributed by atoms with van der Waals surface area (Å²) in [6, 6.07) is 7.50. The third kappa shape index (κ3) is 3.55. The van der Waals surface area contributed by atoms with Gasteiger partial charge >= 0.3 is 0 Å². The van der Waals surface area contributed by atoms with E-state index in [-0.39, 0.29) is 11.3 Å². The molecule has 7 heteroatoms. The summed E-state index contributed by atoms with van der Waals surface area (Å²) in [5.41, 5.74) is 1.83. The van der Waals surface area contributed by atoms with Gasteiger partial charge in [-0.15, -0.1) is 0 Å². The topological polar surface area (TPSA) is 61.7 Å². The molecule has 0 atom stereocenters. The van der Waals surface area contributed by atoms with Gasteiger partial charge in [0.1, 0.15) is 5.75 Å². The van der Waals surface area contributed by atoms with Gasteiger partial charge in [-0.2, -0.15) is 5.10 Å². The van der Waals surface area contributed by atoms with E-state index in [1.54, 1.807) is 0 Å². The van der Waals surface area contributed by atoms with Crippen molar-refractivity contribution >= 4 is 23.7 Å². The molecule has 0 saturated carbocycles. The third-order valence-corrected chi connectivity index (χ3v) is 2.79. The Labute approximate surface area is 123 Å². The molecule has 0 saturated heterocycles. The molecule has 0 bridgehead atoms. The smallest absolute Gasteiger partial charge is 0.274 e. The normalized spacial score (nSPS) is 10.8. The minimum atomic E-state index is -1.25. The van der Waals surface area contributed by atoms with Crippen molar-refractivity contribution in [3.63, 3.8) is 0 Å². The highest BCUT2D eigenvalue weighted by molar-refractivity contribution is 6.30. The Balaban J connectivity index is 2.12. The molecule has 0 aliphatic rings. The predicted molar refractivity (Wildman–Crippen MR) is 74.5 cm³/mol. The number of nitrogens with zero attached hydrogens (tertiary/aromatic N) is 1. The largest absolute Gasteiger partial charge is 0.507 e. The van der Waals surface area contributed by atoms with Crippen LogP contribution in [0.3, 0.4) is 0 Å². The number of amides is 1. The van der Waals surface area contributed by atoms with Gasteiger partial charge in [0, 0.05) is 10.6 Å². The number of carbonyl (C=O) groups is 1. The van der Waals surface area contributed by atoms with Crippen molar-refractivity contribution in [2.45, 2.75) is 0 Å². The average molecular weight is 311 g/mol. The van der Waals surface area contributed by atoms with Crippen LogP contribution in [0.5, 0.6) is 5.75 Å². The molecule has 0 aliphatic heterocycles. The molecule has 0 fully saturated rings.